The molecule has 6 nitrogen and oxygen atoms in total. The molecule has 1 atom stereocenters. The van der Waals surface area contributed by atoms with Crippen LogP contribution in [0.1, 0.15) is 30.3 Å². The molecule has 1 aromatic heterocycles. The molecule has 31 heavy (non-hydrogen) atoms. The van der Waals surface area contributed by atoms with Crippen molar-refractivity contribution < 1.29 is 9.53 Å². The van der Waals surface area contributed by atoms with Crippen molar-refractivity contribution in [2.45, 2.75) is 32.2 Å². The quantitative estimate of drug-likeness (QED) is 0.564. The van der Waals surface area contributed by atoms with Gasteiger partial charge >= 0.3 is 0 Å². The number of hydrogen-bond donors (Lipinski definition) is 0. The van der Waals surface area contributed by atoms with Crippen LogP contribution in [-0.2, 0) is 17.6 Å². The Hall–Kier alpha value is -2.93. The van der Waals surface area contributed by atoms with E-state index < -0.39 is 0 Å². The molecule has 2 aromatic carbocycles. The Morgan fingerprint density at radius 3 is 2.71 bits per heavy atom. The van der Waals surface area contributed by atoms with Gasteiger partial charge in [-0.05, 0) is 36.6 Å². The smallest absolute Gasteiger partial charge is 0.223 e. The number of hydrogen-bond acceptors (Lipinski definition) is 6. The lowest BCUT2D eigenvalue weighted by atomic mass is 10.1. The van der Waals surface area contributed by atoms with Gasteiger partial charge in [-0.2, -0.15) is 4.37 Å². The first-order valence-electron chi connectivity index (χ1n) is 10.7. The molecule has 0 saturated carbocycles. The fraction of sp³-hybridized carbons (Fsp3) is 0.375. The lowest BCUT2D eigenvalue weighted by molar-refractivity contribution is -0.133. The minimum Gasteiger partial charge on any atom is -0.497 e. The van der Waals surface area contributed by atoms with Crippen molar-refractivity contribution in [2.24, 2.45) is 0 Å². The van der Waals surface area contributed by atoms with E-state index in [1.807, 2.05) is 41.3 Å². The molecule has 0 radical (unpaired) electrons. The van der Waals surface area contributed by atoms with Gasteiger partial charge in [-0.15, -0.1) is 0 Å². The average molecular weight is 437 g/mol. The predicted octanol–water partition coefficient (Wildman–Crippen LogP) is 3.81. The molecule has 1 saturated heterocycles. The number of nitrogens with zero attached hydrogens (tertiary/aromatic N) is 4. The van der Waals surface area contributed by atoms with E-state index in [0.29, 0.717) is 12.8 Å². The molecular weight excluding hydrogens is 408 g/mol. The van der Waals surface area contributed by atoms with Crippen molar-refractivity contribution in [3.8, 4) is 5.75 Å². The van der Waals surface area contributed by atoms with Crippen molar-refractivity contribution in [3.05, 3.63) is 71.5 Å². The van der Waals surface area contributed by atoms with E-state index in [0.717, 1.165) is 48.3 Å². The highest BCUT2D eigenvalue weighted by atomic mass is 32.1. The van der Waals surface area contributed by atoms with Gasteiger partial charge in [0.1, 0.15) is 11.6 Å². The lowest BCUT2D eigenvalue weighted by Gasteiger charge is -2.39. The standard InChI is InChI=1S/C24H28N4O2S/c1-18-17-27(13-14-28(18)23(29)12-11-19-7-4-3-5-8-19)24-25-22(26-31-24)16-20-9-6-10-21(15-20)30-2/h3-10,15,18H,11-14,16-17H2,1-2H3. The molecule has 1 fully saturated rings. The van der Waals surface area contributed by atoms with Gasteiger partial charge in [0.25, 0.3) is 0 Å². The van der Waals surface area contributed by atoms with Crippen LogP contribution in [0.3, 0.4) is 0 Å². The molecule has 1 amide bonds. The number of ether oxygens (including phenoxy) is 1. The summed E-state index contributed by atoms with van der Waals surface area (Å²) >= 11 is 1.43. The highest BCUT2D eigenvalue weighted by Gasteiger charge is 2.28. The van der Waals surface area contributed by atoms with Gasteiger partial charge in [-0.1, -0.05) is 42.5 Å². The minimum atomic E-state index is 0.155. The van der Waals surface area contributed by atoms with E-state index in [1.54, 1.807) is 7.11 Å². The Balaban J connectivity index is 1.32. The molecule has 3 aromatic rings. The third-order valence-electron chi connectivity index (χ3n) is 5.64. The monoisotopic (exact) mass is 436 g/mol. The number of aryl methyl sites for hydroxylation is 1. The Morgan fingerprint density at radius 2 is 1.94 bits per heavy atom. The minimum absolute atomic E-state index is 0.155. The van der Waals surface area contributed by atoms with E-state index in [1.165, 1.54) is 17.1 Å². The summed E-state index contributed by atoms with van der Waals surface area (Å²) in [7, 11) is 1.67. The largest absolute Gasteiger partial charge is 0.497 e. The third-order valence-corrected chi connectivity index (χ3v) is 6.46. The maximum atomic E-state index is 12.8. The van der Waals surface area contributed by atoms with Gasteiger partial charge in [0, 0.05) is 50.1 Å². The molecule has 162 valence electrons. The average Bonchev–Trinajstić information content (AvgIpc) is 3.26. The third kappa shape index (κ3) is 5.41. The van der Waals surface area contributed by atoms with Crippen molar-refractivity contribution in [1.29, 1.82) is 0 Å². The fourth-order valence-electron chi connectivity index (χ4n) is 3.95. The zero-order valence-corrected chi connectivity index (χ0v) is 18.8. The highest BCUT2D eigenvalue weighted by Crippen LogP contribution is 2.23. The summed E-state index contributed by atoms with van der Waals surface area (Å²) in [6.45, 7) is 4.41. The van der Waals surface area contributed by atoms with Gasteiger partial charge in [0.2, 0.25) is 11.0 Å². The molecule has 0 bridgehead atoms. The second-order valence-corrected chi connectivity index (χ2v) is 8.62. The summed E-state index contributed by atoms with van der Waals surface area (Å²) in [6.07, 6.45) is 2.02. The second kappa shape index (κ2) is 9.92. The summed E-state index contributed by atoms with van der Waals surface area (Å²) in [5.74, 6) is 1.89. The maximum Gasteiger partial charge on any atom is 0.223 e. The molecule has 0 aliphatic carbocycles. The van der Waals surface area contributed by atoms with E-state index in [-0.39, 0.29) is 11.9 Å². The number of carbonyl (C=O) groups is 1. The molecule has 1 aliphatic heterocycles. The predicted molar refractivity (Wildman–Crippen MR) is 124 cm³/mol. The number of piperazine rings is 1. The van der Waals surface area contributed by atoms with Crippen LogP contribution >= 0.6 is 11.5 Å². The number of amides is 1. The molecule has 4 rings (SSSR count). The van der Waals surface area contributed by atoms with Crippen molar-refractivity contribution >= 4 is 22.6 Å². The van der Waals surface area contributed by atoms with Gasteiger partial charge in [-0.3, -0.25) is 4.79 Å². The van der Waals surface area contributed by atoms with E-state index in [9.17, 15) is 4.79 Å². The van der Waals surface area contributed by atoms with Crippen LogP contribution in [-0.4, -0.2) is 53.0 Å². The first-order chi connectivity index (χ1) is 15.1. The summed E-state index contributed by atoms with van der Waals surface area (Å²) in [4.78, 5) is 21.8. The lowest BCUT2D eigenvalue weighted by Crippen LogP contribution is -2.54. The topological polar surface area (TPSA) is 58.6 Å². The molecule has 1 aliphatic rings. The van der Waals surface area contributed by atoms with Crippen molar-refractivity contribution in [2.75, 3.05) is 31.6 Å². The first kappa shape index (κ1) is 21.3. The van der Waals surface area contributed by atoms with E-state index in [4.69, 9.17) is 9.72 Å². The SMILES string of the molecule is COc1cccc(Cc2nsc(N3CCN(C(=O)CCc4ccccc4)C(C)C3)n2)c1. The number of carbonyl (C=O) groups excluding carboxylic acids is 1. The first-order valence-corrected chi connectivity index (χ1v) is 11.4. The number of methoxy groups -OCH3 is 1. The van der Waals surface area contributed by atoms with E-state index in [2.05, 4.69) is 34.4 Å². The molecular formula is C24H28N4O2S. The maximum absolute atomic E-state index is 12.8. The molecule has 0 N–H and O–H groups in total. The number of rotatable bonds is 7. The van der Waals surface area contributed by atoms with Crippen molar-refractivity contribution in [1.82, 2.24) is 14.3 Å². The van der Waals surface area contributed by atoms with Crippen LogP contribution < -0.4 is 9.64 Å². The normalized spacial score (nSPS) is 16.4. The molecule has 7 heteroatoms. The Bertz CT molecular complexity index is 1010. The number of benzene rings is 2. The Morgan fingerprint density at radius 1 is 1.13 bits per heavy atom. The Kier molecular flexibility index (Phi) is 6.82. The van der Waals surface area contributed by atoms with Crippen molar-refractivity contribution in [3.63, 3.8) is 0 Å². The molecule has 2 heterocycles. The number of anilines is 1. The van der Waals surface area contributed by atoms with Crippen LogP contribution in [0.2, 0.25) is 0 Å². The number of aromatic nitrogens is 2. The second-order valence-electron chi connectivity index (χ2n) is 7.89. The Labute approximate surface area is 187 Å². The summed E-state index contributed by atoms with van der Waals surface area (Å²) in [5.41, 5.74) is 2.34. The van der Waals surface area contributed by atoms with Crippen LogP contribution in [0.4, 0.5) is 5.13 Å². The van der Waals surface area contributed by atoms with E-state index >= 15 is 0 Å². The summed E-state index contributed by atoms with van der Waals surface area (Å²) < 4.78 is 9.85. The van der Waals surface area contributed by atoms with Gasteiger partial charge in [0.05, 0.1) is 7.11 Å². The van der Waals surface area contributed by atoms with Gasteiger partial charge in [-0.25, -0.2) is 4.98 Å². The highest BCUT2D eigenvalue weighted by molar-refractivity contribution is 7.09. The van der Waals surface area contributed by atoms with Gasteiger partial charge < -0.3 is 14.5 Å². The summed E-state index contributed by atoms with van der Waals surface area (Å²) in [6, 6.07) is 18.3. The fourth-order valence-corrected chi connectivity index (χ4v) is 4.67. The van der Waals surface area contributed by atoms with Crippen LogP contribution in [0, 0.1) is 0 Å². The van der Waals surface area contributed by atoms with Crippen LogP contribution in [0.15, 0.2) is 54.6 Å². The zero-order valence-electron chi connectivity index (χ0n) is 18.0. The molecule has 0 spiro atoms. The summed E-state index contributed by atoms with van der Waals surface area (Å²) in [5, 5.41) is 0.932. The van der Waals surface area contributed by atoms with Crippen LogP contribution in [0.25, 0.3) is 0 Å². The zero-order chi connectivity index (χ0) is 21.6. The van der Waals surface area contributed by atoms with Crippen LogP contribution in [0.5, 0.6) is 5.75 Å². The molecule has 1 unspecified atom stereocenters. The van der Waals surface area contributed by atoms with Gasteiger partial charge in [0.15, 0.2) is 0 Å².